The lowest BCUT2D eigenvalue weighted by molar-refractivity contribution is -0.140. The summed E-state index contributed by atoms with van der Waals surface area (Å²) in [6.45, 7) is 6.43. The van der Waals surface area contributed by atoms with Crippen molar-refractivity contribution < 1.29 is 9.53 Å². The molecule has 94 valence electrons. The molecule has 0 aliphatic rings. The minimum absolute atomic E-state index is 0.0445. The summed E-state index contributed by atoms with van der Waals surface area (Å²) in [4.78, 5) is 14.7. The number of carbonyl (C=O) groups is 1. The van der Waals surface area contributed by atoms with Crippen molar-refractivity contribution in [3.05, 3.63) is 34.0 Å². The average Bonchev–Trinajstić information content (AvgIpc) is 2.72. The topological polar surface area (TPSA) is 29.5 Å². The first-order valence-electron chi connectivity index (χ1n) is 5.25. The van der Waals surface area contributed by atoms with E-state index < -0.39 is 6.10 Å². The molecule has 1 heterocycles. The van der Waals surface area contributed by atoms with E-state index in [2.05, 4.69) is 6.58 Å². The van der Waals surface area contributed by atoms with E-state index in [-0.39, 0.29) is 5.91 Å². The second-order valence-corrected chi connectivity index (χ2v) is 5.39. The van der Waals surface area contributed by atoms with Gasteiger partial charge in [0.1, 0.15) is 6.10 Å². The summed E-state index contributed by atoms with van der Waals surface area (Å²) in [6.07, 6.45) is 1.26. The van der Waals surface area contributed by atoms with Crippen molar-refractivity contribution in [2.75, 3.05) is 13.7 Å². The normalized spacial score (nSPS) is 12.2. The lowest BCUT2D eigenvalue weighted by atomic mass is 10.3. The third-order valence-corrected chi connectivity index (χ3v) is 3.55. The van der Waals surface area contributed by atoms with Crippen LogP contribution in [0.3, 0.4) is 0 Å². The van der Waals surface area contributed by atoms with Gasteiger partial charge in [0.25, 0.3) is 5.91 Å². The van der Waals surface area contributed by atoms with Gasteiger partial charge in [-0.05, 0) is 19.1 Å². The predicted molar refractivity (Wildman–Crippen MR) is 71.4 cm³/mol. The van der Waals surface area contributed by atoms with Crippen molar-refractivity contribution >= 4 is 28.8 Å². The minimum atomic E-state index is -0.439. The number of amides is 1. The summed E-state index contributed by atoms with van der Waals surface area (Å²) in [7, 11) is 1.52. The average molecular weight is 274 g/mol. The first kappa shape index (κ1) is 14.2. The fraction of sp³-hybridized carbons (Fsp3) is 0.417. The highest BCUT2D eigenvalue weighted by atomic mass is 35.5. The first-order chi connectivity index (χ1) is 8.08. The monoisotopic (exact) mass is 273 g/mol. The van der Waals surface area contributed by atoms with Gasteiger partial charge in [-0.3, -0.25) is 4.79 Å². The largest absolute Gasteiger partial charge is 0.372 e. The van der Waals surface area contributed by atoms with Gasteiger partial charge in [-0.1, -0.05) is 17.7 Å². The molecule has 0 spiro atoms. The molecule has 0 saturated heterocycles. The number of ether oxygens (including phenoxy) is 1. The first-order valence-corrected chi connectivity index (χ1v) is 6.44. The minimum Gasteiger partial charge on any atom is -0.372 e. The summed E-state index contributed by atoms with van der Waals surface area (Å²) < 4.78 is 5.76. The van der Waals surface area contributed by atoms with Gasteiger partial charge in [0.15, 0.2) is 0 Å². The molecule has 1 unspecified atom stereocenters. The quantitative estimate of drug-likeness (QED) is 0.746. The van der Waals surface area contributed by atoms with E-state index in [0.717, 1.165) is 9.21 Å². The second-order valence-electron chi connectivity index (χ2n) is 3.59. The van der Waals surface area contributed by atoms with Crippen LogP contribution in [-0.2, 0) is 16.1 Å². The highest BCUT2D eigenvalue weighted by Crippen LogP contribution is 2.23. The number of thiophene rings is 1. The Labute approximate surface area is 111 Å². The third-order valence-electron chi connectivity index (χ3n) is 2.34. The lowest BCUT2D eigenvalue weighted by Crippen LogP contribution is -2.38. The fourth-order valence-corrected chi connectivity index (χ4v) is 2.47. The molecular formula is C12H16ClNO2S. The van der Waals surface area contributed by atoms with Gasteiger partial charge in [0.05, 0.1) is 10.9 Å². The molecule has 17 heavy (non-hydrogen) atoms. The van der Waals surface area contributed by atoms with Crippen LogP contribution in [-0.4, -0.2) is 30.6 Å². The van der Waals surface area contributed by atoms with Crippen molar-refractivity contribution in [1.82, 2.24) is 4.90 Å². The van der Waals surface area contributed by atoms with E-state index in [1.165, 1.54) is 18.4 Å². The van der Waals surface area contributed by atoms with Crippen molar-refractivity contribution in [3.8, 4) is 0 Å². The Hall–Kier alpha value is -0.840. The van der Waals surface area contributed by atoms with Crippen LogP contribution >= 0.6 is 22.9 Å². The molecule has 0 aliphatic carbocycles. The molecule has 1 amide bonds. The van der Waals surface area contributed by atoms with Crippen LogP contribution < -0.4 is 0 Å². The summed E-state index contributed by atoms with van der Waals surface area (Å²) in [5.74, 6) is -0.0445. The van der Waals surface area contributed by atoms with Gasteiger partial charge in [-0.2, -0.15) is 0 Å². The van der Waals surface area contributed by atoms with Gasteiger partial charge in [0.2, 0.25) is 0 Å². The maximum absolute atomic E-state index is 12.0. The molecule has 0 N–H and O–H groups in total. The number of halogens is 1. The number of nitrogens with zero attached hydrogens (tertiary/aromatic N) is 1. The SMILES string of the molecule is C=CCN(Cc1ccc(Cl)s1)C(=O)C(C)OC. The van der Waals surface area contributed by atoms with E-state index >= 15 is 0 Å². The third kappa shape index (κ3) is 4.15. The molecule has 5 heteroatoms. The molecule has 0 radical (unpaired) electrons. The van der Waals surface area contributed by atoms with Crippen LogP contribution in [0.1, 0.15) is 11.8 Å². The molecule has 0 fully saturated rings. The number of hydrogen-bond donors (Lipinski definition) is 0. The Morgan fingerprint density at radius 2 is 2.41 bits per heavy atom. The van der Waals surface area contributed by atoms with E-state index in [1.54, 1.807) is 17.9 Å². The maximum Gasteiger partial charge on any atom is 0.252 e. The molecule has 1 aromatic heterocycles. The number of hydrogen-bond acceptors (Lipinski definition) is 3. The number of rotatable bonds is 6. The summed E-state index contributed by atoms with van der Waals surface area (Å²) in [6, 6.07) is 3.76. The van der Waals surface area contributed by atoms with Gasteiger partial charge >= 0.3 is 0 Å². The Morgan fingerprint density at radius 1 is 1.71 bits per heavy atom. The fourth-order valence-electron chi connectivity index (χ4n) is 1.37. The summed E-state index contributed by atoms with van der Waals surface area (Å²) >= 11 is 7.34. The van der Waals surface area contributed by atoms with Crippen molar-refractivity contribution in [3.63, 3.8) is 0 Å². The molecule has 0 aromatic carbocycles. The van der Waals surface area contributed by atoms with Gasteiger partial charge in [-0.15, -0.1) is 17.9 Å². The van der Waals surface area contributed by atoms with E-state index in [4.69, 9.17) is 16.3 Å². The summed E-state index contributed by atoms with van der Waals surface area (Å²) in [5.41, 5.74) is 0. The smallest absolute Gasteiger partial charge is 0.252 e. The molecule has 0 aliphatic heterocycles. The van der Waals surface area contributed by atoms with Crippen LogP contribution in [0.4, 0.5) is 0 Å². The zero-order chi connectivity index (χ0) is 12.8. The van der Waals surface area contributed by atoms with E-state index in [9.17, 15) is 4.79 Å². The lowest BCUT2D eigenvalue weighted by Gasteiger charge is -2.23. The Balaban J connectivity index is 2.72. The van der Waals surface area contributed by atoms with E-state index in [1.807, 2.05) is 12.1 Å². The van der Waals surface area contributed by atoms with Crippen molar-refractivity contribution in [2.45, 2.75) is 19.6 Å². The molecule has 0 bridgehead atoms. The van der Waals surface area contributed by atoms with Crippen LogP contribution in [0, 0.1) is 0 Å². The highest BCUT2D eigenvalue weighted by molar-refractivity contribution is 7.16. The molecule has 0 saturated carbocycles. The van der Waals surface area contributed by atoms with Gasteiger partial charge in [0, 0.05) is 18.5 Å². The number of methoxy groups -OCH3 is 1. The zero-order valence-electron chi connectivity index (χ0n) is 9.98. The molecule has 1 aromatic rings. The molecule has 1 atom stereocenters. The standard InChI is InChI=1S/C12H16ClNO2S/c1-4-7-14(12(15)9(2)16-3)8-10-5-6-11(13)17-10/h4-6,9H,1,7-8H2,2-3H3. The maximum atomic E-state index is 12.0. The molecule has 1 rings (SSSR count). The van der Waals surface area contributed by atoms with Crippen molar-refractivity contribution in [2.24, 2.45) is 0 Å². The van der Waals surface area contributed by atoms with Crippen LogP contribution in [0.5, 0.6) is 0 Å². The molecule has 3 nitrogen and oxygen atoms in total. The zero-order valence-corrected chi connectivity index (χ0v) is 11.6. The second kappa shape index (κ2) is 6.79. The van der Waals surface area contributed by atoms with Crippen molar-refractivity contribution in [1.29, 1.82) is 0 Å². The molecular weight excluding hydrogens is 258 g/mol. The van der Waals surface area contributed by atoms with Crippen LogP contribution in [0.2, 0.25) is 4.34 Å². The highest BCUT2D eigenvalue weighted by Gasteiger charge is 2.19. The predicted octanol–water partition coefficient (Wildman–Crippen LogP) is 2.95. The van der Waals surface area contributed by atoms with Gasteiger partial charge < -0.3 is 9.64 Å². The summed E-state index contributed by atoms with van der Waals surface area (Å²) in [5, 5.41) is 0. The Morgan fingerprint density at radius 3 is 2.88 bits per heavy atom. The Bertz CT molecular complexity index is 392. The van der Waals surface area contributed by atoms with Gasteiger partial charge in [-0.25, -0.2) is 0 Å². The van der Waals surface area contributed by atoms with Crippen LogP contribution in [0.25, 0.3) is 0 Å². The Kier molecular flexibility index (Phi) is 5.68. The number of carbonyl (C=O) groups excluding carboxylic acids is 1. The van der Waals surface area contributed by atoms with E-state index in [0.29, 0.717) is 13.1 Å². The van der Waals surface area contributed by atoms with Crippen LogP contribution in [0.15, 0.2) is 24.8 Å².